The van der Waals surface area contributed by atoms with E-state index in [9.17, 15) is 33.9 Å². The molecule has 0 aliphatic rings. The number of nitrogens with one attached hydrogen (secondary N) is 5. The molecule has 8 N–H and O–H groups in total. The minimum atomic E-state index is -1.41. The minimum Gasteiger partial charge on any atom is -0.444 e. The smallest absolute Gasteiger partial charge is 0.408 e. The van der Waals surface area contributed by atoms with E-state index >= 15 is 0 Å². The maximum atomic E-state index is 13.5. The highest BCUT2D eigenvalue weighted by molar-refractivity contribution is 5.94. The largest absolute Gasteiger partial charge is 0.444 e. The standard InChI is InChI=1S/C36H60N6O8/c1-20(2)16-25(27(43)17-23(7)31(45)41-29(21(3)4)33(47)38-19-24-14-12-11-13-15-24)39-32(46)26(18-28(37)44)40-34(48)30(22(5)6)42-35(49)50-36(8,9)10/h11-15,20-23,25-27,29-30,43H,16-19H2,1-10H3,(H2,37,44)(H,38,47)(H,39,46)(H,40,48)(H,41,45)(H,42,49)/t23-,25+,26?,27+,29+,30+/m1/s1. The number of amides is 6. The summed E-state index contributed by atoms with van der Waals surface area (Å²) >= 11 is 0. The quantitative estimate of drug-likeness (QED) is 0.113. The summed E-state index contributed by atoms with van der Waals surface area (Å²) in [7, 11) is 0. The van der Waals surface area contributed by atoms with Gasteiger partial charge in [0.2, 0.25) is 29.5 Å². The highest BCUT2D eigenvalue weighted by Crippen LogP contribution is 2.17. The van der Waals surface area contributed by atoms with Crippen LogP contribution in [0.3, 0.4) is 0 Å². The topological polar surface area (TPSA) is 218 Å². The van der Waals surface area contributed by atoms with E-state index in [2.05, 4.69) is 26.6 Å². The fourth-order valence-corrected chi connectivity index (χ4v) is 5.10. The average Bonchev–Trinajstić information content (AvgIpc) is 2.99. The van der Waals surface area contributed by atoms with E-state index in [0.29, 0.717) is 13.0 Å². The summed E-state index contributed by atoms with van der Waals surface area (Å²) in [6.07, 6.45) is -2.31. The predicted molar refractivity (Wildman–Crippen MR) is 190 cm³/mol. The predicted octanol–water partition coefficient (Wildman–Crippen LogP) is 2.27. The highest BCUT2D eigenvalue weighted by Gasteiger charge is 2.34. The second-order valence-corrected chi connectivity index (χ2v) is 15.0. The third-order valence-electron chi connectivity index (χ3n) is 7.78. The molecule has 0 bridgehead atoms. The molecule has 1 aromatic rings. The third kappa shape index (κ3) is 16.5. The first-order chi connectivity index (χ1) is 23.1. The van der Waals surface area contributed by atoms with Crippen LogP contribution in [0.2, 0.25) is 0 Å². The maximum Gasteiger partial charge on any atom is 0.408 e. The van der Waals surface area contributed by atoms with E-state index in [1.165, 1.54) is 0 Å². The zero-order valence-electron chi connectivity index (χ0n) is 31.3. The Balaban J connectivity index is 3.02. The van der Waals surface area contributed by atoms with Crippen molar-refractivity contribution in [2.45, 2.75) is 131 Å². The number of rotatable bonds is 19. The molecule has 1 unspecified atom stereocenters. The van der Waals surface area contributed by atoms with Crippen molar-refractivity contribution >= 4 is 35.6 Å². The van der Waals surface area contributed by atoms with Crippen LogP contribution in [0.15, 0.2) is 30.3 Å². The van der Waals surface area contributed by atoms with Crippen LogP contribution in [0.25, 0.3) is 0 Å². The summed E-state index contributed by atoms with van der Waals surface area (Å²) in [5.74, 6) is -4.50. The molecule has 6 amide bonds. The number of alkyl carbamates (subject to hydrolysis) is 1. The Morgan fingerprint density at radius 2 is 1.30 bits per heavy atom. The van der Waals surface area contributed by atoms with Gasteiger partial charge in [-0.1, -0.05) is 78.8 Å². The van der Waals surface area contributed by atoms with Crippen molar-refractivity contribution in [2.24, 2.45) is 29.4 Å². The fraction of sp³-hybridized carbons (Fsp3) is 0.667. The summed E-state index contributed by atoms with van der Waals surface area (Å²) < 4.78 is 5.26. The molecular weight excluding hydrogens is 644 g/mol. The van der Waals surface area contributed by atoms with E-state index in [1.54, 1.807) is 41.5 Å². The van der Waals surface area contributed by atoms with Crippen molar-refractivity contribution in [3.63, 3.8) is 0 Å². The van der Waals surface area contributed by atoms with Crippen LogP contribution < -0.4 is 32.3 Å². The first-order valence-corrected chi connectivity index (χ1v) is 17.3. The number of hydrogen-bond donors (Lipinski definition) is 7. The van der Waals surface area contributed by atoms with Crippen molar-refractivity contribution in [1.29, 1.82) is 0 Å². The van der Waals surface area contributed by atoms with Crippen molar-refractivity contribution in [2.75, 3.05) is 0 Å². The first kappa shape index (κ1) is 43.8. The number of primary amides is 1. The van der Waals surface area contributed by atoms with E-state index < -0.39 is 83.9 Å². The summed E-state index contributed by atoms with van der Waals surface area (Å²) in [6.45, 7) is 17.7. The van der Waals surface area contributed by atoms with Gasteiger partial charge in [0.1, 0.15) is 23.7 Å². The number of nitrogens with two attached hydrogens (primary N) is 1. The molecular formula is C36H60N6O8. The zero-order chi connectivity index (χ0) is 38.3. The highest BCUT2D eigenvalue weighted by atomic mass is 16.6. The van der Waals surface area contributed by atoms with E-state index in [1.807, 2.05) is 58.0 Å². The molecule has 0 aromatic heterocycles. The number of carbonyl (C=O) groups excluding carboxylic acids is 6. The molecule has 0 saturated carbocycles. The lowest BCUT2D eigenvalue weighted by Crippen LogP contribution is -2.58. The number of benzene rings is 1. The lowest BCUT2D eigenvalue weighted by atomic mass is 9.91. The van der Waals surface area contributed by atoms with E-state index in [0.717, 1.165) is 5.56 Å². The molecule has 14 heteroatoms. The van der Waals surface area contributed by atoms with Crippen molar-refractivity contribution in [3.05, 3.63) is 35.9 Å². The number of hydrogen-bond acceptors (Lipinski definition) is 8. The minimum absolute atomic E-state index is 0.00486. The van der Waals surface area contributed by atoms with Crippen LogP contribution in [0.1, 0.15) is 94.1 Å². The number of carbonyl (C=O) groups is 6. The number of aliphatic hydroxyl groups is 1. The molecule has 282 valence electrons. The van der Waals surface area contributed by atoms with Gasteiger partial charge in [0.05, 0.1) is 18.6 Å². The Morgan fingerprint density at radius 1 is 0.740 bits per heavy atom. The van der Waals surface area contributed by atoms with Gasteiger partial charge in [0.15, 0.2) is 0 Å². The molecule has 0 spiro atoms. The summed E-state index contributed by atoms with van der Waals surface area (Å²) in [5.41, 5.74) is 5.52. The van der Waals surface area contributed by atoms with Crippen LogP contribution in [0.4, 0.5) is 4.79 Å². The van der Waals surface area contributed by atoms with Crippen molar-refractivity contribution < 1.29 is 38.6 Å². The Bertz CT molecular complexity index is 1280. The van der Waals surface area contributed by atoms with Crippen LogP contribution >= 0.6 is 0 Å². The molecule has 14 nitrogen and oxygen atoms in total. The second-order valence-electron chi connectivity index (χ2n) is 15.0. The molecule has 1 aromatic carbocycles. The van der Waals surface area contributed by atoms with Crippen LogP contribution in [0.5, 0.6) is 0 Å². The first-order valence-electron chi connectivity index (χ1n) is 17.3. The number of aliphatic hydroxyl groups excluding tert-OH is 1. The van der Waals surface area contributed by atoms with Crippen LogP contribution in [-0.2, 0) is 35.3 Å². The van der Waals surface area contributed by atoms with Crippen LogP contribution in [0, 0.1) is 23.7 Å². The SMILES string of the molecule is CC(C)C[C@H](NC(=O)C(CC(N)=O)NC(=O)[C@@H](NC(=O)OC(C)(C)C)C(C)C)[C@@H](O)C[C@@H](C)C(=O)N[C@H](C(=O)NCc1ccccc1)C(C)C. The molecule has 0 radical (unpaired) electrons. The van der Waals surface area contributed by atoms with E-state index in [4.69, 9.17) is 10.5 Å². The molecule has 6 atom stereocenters. The van der Waals surface area contributed by atoms with Crippen LogP contribution in [-0.4, -0.2) is 76.6 Å². The molecule has 0 fully saturated rings. The summed E-state index contributed by atoms with van der Waals surface area (Å²) in [6, 6.07) is 5.20. The summed E-state index contributed by atoms with van der Waals surface area (Å²) in [4.78, 5) is 77.3. The lowest BCUT2D eigenvalue weighted by Gasteiger charge is -2.30. The monoisotopic (exact) mass is 704 g/mol. The second kappa shape index (κ2) is 20.5. The molecule has 0 aliphatic heterocycles. The van der Waals surface area contributed by atoms with Gasteiger partial charge in [-0.25, -0.2) is 4.79 Å². The maximum absolute atomic E-state index is 13.5. The fourth-order valence-electron chi connectivity index (χ4n) is 5.10. The Hall–Kier alpha value is -4.20. The zero-order valence-corrected chi connectivity index (χ0v) is 31.3. The third-order valence-corrected chi connectivity index (χ3v) is 7.78. The van der Waals surface area contributed by atoms with Gasteiger partial charge in [-0.3, -0.25) is 24.0 Å². The number of ether oxygens (including phenoxy) is 1. The van der Waals surface area contributed by atoms with Gasteiger partial charge in [0, 0.05) is 12.5 Å². The summed E-state index contributed by atoms with van der Waals surface area (Å²) in [5, 5.41) is 24.7. The Kier molecular flexibility index (Phi) is 17.9. The van der Waals surface area contributed by atoms with Crippen molar-refractivity contribution in [3.8, 4) is 0 Å². The molecule has 0 saturated heterocycles. The van der Waals surface area contributed by atoms with Gasteiger partial charge in [-0.15, -0.1) is 0 Å². The van der Waals surface area contributed by atoms with Gasteiger partial charge >= 0.3 is 6.09 Å². The van der Waals surface area contributed by atoms with Gasteiger partial charge < -0.3 is 42.2 Å². The van der Waals surface area contributed by atoms with E-state index in [-0.39, 0.29) is 24.2 Å². The molecule has 0 heterocycles. The Labute approximate surface area is 296 Å². The van der Waals surface area contributed by atoms with Gasteiger partial charge in [-0.05, 0) is 56.9 Å². The molecule has 50 heavy (non-hydrogen) atoms. The van der Waals surface area contributed by atoms with Crippen molar-refractivity contribution in [1.82, 2.24) is 26.6 Å². The molecule has 0 aliphatic carbocycles. The normalized spacial score (nSPS) is 15.2. The lowest BCUT2D eigenvalue weighted by molar-refractivity contribution is -0.134. The van der Waals surface area contributed by atoms with Gasteiger partial charge in [-0.2, -0.15) is 0 Å². The Morgan fingerprint density at radius 3 is 1.80 bits per heavy atom. The van der Waals surface area contributed by atoms with Gasteiger partial charge in [0.25, 0.3) is 0 Å². The average molecular weight is 705 g/mol. The molecule has 1 rings (SSSR count).